The van der Waals surface area contributed by atoms with Gasteiger partial charge in [-0.05, 0) is 42.3 Å². The molecule has 21 heavy (non-hydrogen) atoms. The van der Waals surface area contributed by atoms with Crippen LogP contribution >= 0.6 is 27.5 Å². The number of nitrogens with one attached hydrogen (secondary N) is 1. The fraction of sp³-hybridized carbons (Fsp3) is 0.200. The van der Waals surface area contributed by atoms with Gasteiger partial charge >= 0.3 is 0 Å². The van der Waals surface area contributed by atoms with Crippen LogP contribution in [0.1, 0.15) is 11.1 Å². The second-order valence-corrected chi connectivity index (χ2v) is 5.88. The molecule has 0 aliphatic rings. The first-order chi connectivity index (χ1) is 10.1. The van der Waals surface area contributed by atoms with Crippen LogP contribution in [0.3, 0.4) is 0 Å². The summed E-state index contributed by atoms with van der Waals surface area (Å²) in [4.78, 5) is 10.2. The van der Waals surface area contributed by atoms with Crippen LogP contribution in [0.2, 0.25) is 5.02 Å². The van der Waals surface area contributed by atoms with E-state index in [0.717, 1.165) is 28.6 Å². The van der Waals surface area contributed by atoms with Gasteiger partial charge in [-0.1, -0.05) is 39.7 Å². The van der Waals surface area contributed by atoms with Gasteiger partial charge in [-0.3, -0.25) is 10.1 Å². The third-order valence-corrected chi connectivity index (χ3v) is 4.07. The van der Waals surface area contributed by atoms with E-state index in [-0.39, 0.29) is 5.69 Å². The highest BCUT2D eigenvalue weighted by Gasteiger charge is 2.04. The van der Waals surface area contributed by atoms with Crippen LogP contribution in [-0.2, 0) is 13.0 Å². The normalized spacial score (nSPS) is 10.6. The van der Waals surface area contributed by atoms with Crippen LogP contribution in [0.25, 0.3) is 0 Å². The highest BCUT2D eigenvalue weighted by molar-refractivity contribution is 9.10. The summed E-state index contributed by atoms with van der Waals surface area (Å²) in [6, 6.07) is 12.3. The van der Waals surface area contributed by atoms with Crippen molar-refractivity contribution in [3.8, 4) is 0 Å². The Bertz CT molecular complexity index is 632. The fourth-order valence-electron chi connectivity index (χ4n) is 1.92. The Morgan fingerprint density at radius 3 is 2.57 bits per heavy atom. The highest BCUT2D eigenvalue weighted by Crippen LogP contribution is 2.21. The first-order valence-corrected chi connectivity index (χ1v) is 7.61. The largest absolute Gasteiger partial charge is 0.312 e. The molecule has 0 saturated heterocycles. The minimum Gasteiger partial charge on any atom is -0.312 e. The molecule has 0 spiro atoms. The van der Waals surface area contributed by atoms with Gasteiger partial charge in [-0.15, -0.1) is 0 Å². The standard InChI is InChI=1S/C15H14BrClN2O2/c16-15-6-3-13(17)9-12(15)10-18-8-7-11-1-4-14(5-2-11)19(20)21/h1-6,9,18H,7-8,10H2. The number of rotatable bonds is 6. The lowest BCUT2D eigenvalue weighted by Gasteiger charge is -2.07. The third kappa shape index (κ3) is 4.81. The minimum absolute atomic E-state index is 0.120. The zero-order valence-corrected chi connectivity index (χ0v) is 13.5. The van der Waals surface area contributed by atoms with Gasteiger partial charge in [0.15, 0.2) is 0 Å². The van der Waals surface area contributed by atoms with Crippen LogP contribution in [0, 0.1) is 10.1 Å². The number of non-ortho nitro benzene ring substituents is 1. The highest BCUT2D eigenvalue weighted by atomic mass is 79.9. The van der Waals surface area contributed by atoms with Gasteiger partial charge in [-0.2, -0.15) is 0 Å². The van der Waals surface area contributed by atoms with E-state index in [1.54, 1.807) is 12.1 Å². The summed E-state index contributed by atoms with van der Waals surface area (Å²) in [6.07, 6.45) is 0.816. The first-order valence-electron chi connectivity index (χ1n) is 6.44. The molecule has 0 aliphatic heterocycles. The van der Waals surface area contributed by atoms with Gasteiger partial charge < -0.3 is 5.32 Å². The molecule has 0 saturated carbocycles. The van der Waals surface area contributed by atoms with Crippen LogP contribution < -0.4 is 5.32 Å². The second-order valence-electron chi connectivity index (χ2n) is 4.59. The molecule has 0 radical (unpaired) electrons. The van der Waals surface area contributed by atoms with E-state index in [2.05, 4.69) is 21.2 Å². The van der Waals surface area contributed by atoms with Gasteiger partial charge in [-0.25, -0.2) is 0 Å². The number of nitro groups is 1. The average molecular weight is 370 g/mol. The lowest BCUT2D eigenvalue weighted by atomic mass is 10.1. The summed E-state index contributed by atoms with van der Waals surface area (Å²) in [5.41, 5.74) is 2.29. The van der Waals surface area contributed by atoms with Gasteiger partial charge in [0.05, 0.1) is 4.92 Å². The third-order valence-electron chi connectivity index (χ3n) is 3.06. The number of hydrogen-bond donors (Lipinski definition) is 1. The van der Waals surface area contributed by atoms with E-state index in [4.69, 9.17) is 11.6 Å². The lowest BCUT2D eigenvalue weighted by molar-refractivity contribution is -0.384. The SMILES string of the molecule is O=[N+]([O-])c1ccc(CCNCc2cc(Cl)ccc2Br)cc1. The van der Waals surface area contributed by atoms with E-state index in [1.807, 2.05) is 18.2 Å². The van der Waals surface area contributed by atoms with Crippen molar-refractivity contribution in [2.24, 2.45) is 0 Å². The monoisotopic (exact) mass is 368 g/mol. The van der Waals surface area contributed by atoms with Crippen molar-refractivity contribution in [1.82, 2.24) is 5.32 Å². The maximum Gasteiger partial charge on any atom is 0.269 e. The van der Waals surface area contributed by atoms with Crippen molar-refractivity contribution < 1.29 is 4.92 Å². The Hall–Kier alpha value is -1.43. The molecule has 0 aliphatic carbocycles. The van der Waals surface area contributed by atoms with Crippen molar-refractivity contribution in [2.75, 3.05) is 6.54 Å². The van der Waals surface area contributed by atoms with E-state index in [1.165, 1.54) is 12.1 Å². The van der Waals surface area contributed by atoms with Crippen LogP contribution in [0.4, 0.5) is 5.69 Å². The number of nitro benzene ring substituents is 1. The molecule has 2 rings (SSSR count). The zero-order chi connectivity index (χ0) is 15.2. The first kappa shape index (κ1) is 15.9. The van der Waals surface area contributed by atoms with E-state index < -0.39 is 4.92 Å². The average Bonchev–Trinajstić information content (AvgIpc) is 2.47. The van der Waals surface area contributed by atoms with Gasteiger partial charge in [0.2, 0.25) is 0 Å². The van der Waals surface area contributed by atoms with Gasteiger partial charge in [0.25, 0.3) is 5.69 Å². The lowest BCUT2D eigenvalue weighted by Crippen LogP contribution is -2.17. The van der Waals surface area contributed by atoms with Crippen molar-refractivity contribution in [3.63, 3.8) is 0 Å². The van der Waals surface area contributed by atoms with E-state index in [9.17, 15) is 10.1 Å². The molecule has 1 N–H and O–H groups in total. The number of hydrogen-bond acceptors (Lipinski definition) is 3. The molecule has 0 bridgehead atoms. The maximum atomic E-state index is 10.6. The predicted molar refractivity (Wildman–Crippen MR) is 87.7 cm³/mol. The van der Waals surface area contributed by atoms with E-state index >= 15 is 0 Å². The Morgan fingerprint density at radius 2 is 1.90 bits per heavy atom. The number of nitrogens with zero attached hydrogens (tertiary/aromatic N) is 1. The summed E-state index contributed by atoms with van der Waals surface area (Å²) in [7, 11) is 0. The number of halogens is 2. The Morgan fingerprint density at radius 1 is 1.19 bits per heavy atom. The molecule has 4 nitrogen and oxygen atoms in total. The summed E-state index contributed by atoms with van der Waals surface area (Å²) < 4.78 is 1.02. The molecule has 6 heteroatoms. The molecular formula is C15H14BrClN2O2. The summed E-state index contributed by atoms with van der Waals surface area (Å²) in [5, 5.41) is 14.6. The molecular weight excluding hydrogens is 356 g/mol. The van der Waals surface area contributed by atoms with Crippen molar-refractivity contribution in [1.29, 1.82) is 0 Å². The van der Waals surface area contributed by atoms with Crippen LogP contribution in [0.15, 0.2) is 46.9 Å². The van der Waals surface area contributed by atoms with Crippen LogP contribution in [0.5, 0.6) is 0 Å². The molecule has 0 atom stereocenters. The molecule has 0 fully saturated rings. The van der Waals surface area contributed by atoms with Crippen LogP contribution in [-0.4, -0.2) is 11.5 Å². The van der Waals surface area contributed by atoms with E-state index in [0.29, 0.717) is 11.6 Å². The molecule has 0 heterocycles. The molecule has 0 unspecified atom stereocenters. The Kier molecular flexibility index (Phi) is 5.73. The summed E-state index contributed by atoms with van der Waals surface area (Å²) in [6.45, 7) is 1.50. The van der Waals surface area contributed by atoms with Crippen molar-refractivity contribution >= 4 is 33.2 Å². The second kappa shape index (κ2) is 7.54. The topological polar surface area (TPSA) is 55.2 Å². The number of benzene rings is 2. The molecule has 2 aromatic rings. The van der Waals surface area contributed by atoms with Crippen molar-refractivity contribution in [3.05, 3.63) is 73.2 Å². The molecule has 2 aromatic carbocycles. The van der Waals surface area contributed by atoms with Gasteiger partial charge in [0, 0.05) is 28.2 Å². The molecule has 0 amide bonds. The fourth-order valence-corrected chi connectivity index (χ4v) is 2.50. The smallest absolute Gasteiger partial charge is 0.269 e. The maximum absolute atomic E-state index is 10.6. The Labute approximate surface area is 136 Å². The Balaban J connectivity index is 1.81. The minimum atomic E-state index is -0.390. The van der Waals surface area contributed by atoms with Crippen molar-refractivity contribution in [2.45, 2.75) is 13.0 Å². The molecule has 110 valence electrons. The summed E-state index contributed by atoms with van der Waals surface area (Å²) >= 11 is 9.45. The summed E-state index contributed by atoms with van der Waals surface area (Å²) in [5.74, 6) is 0. The molecule has 0 aromatic heterocycles. The van der Waals surface area contributed by atoms with Gasteiger partial charge in [0.1, 0.15) is 0 Å². The zero-order valence-electron chi connectivity index (χ0n) is 11.2. The quantitative estimate of drug-likeness (QED) is 0.468. The predicted octanol–water partition coefficient (Wildman–Crippen LogP) is 4.34.